The second-order valence-electron chi connectivity index (χ2n) is 9.01. The Bertz CT molecular complexity index is 1580. The van der Waals surface area contributed by atoms with Crippen molar-refractivity contribution in [1.29, 1.82) is 0 Å². The Kier molecular flexibility index (Phi) is 5.80. The Morgan fingerprint density at radius 1 is 1.17 bits per heavy atom. The van der Waals surface area contributed by atoms with E-state index in [0.717, 1.165) is 58.1 Å². The van der Waals surface area contributed by atoms with Crippen LogP contribution in [0.1, 0.15) is 28.0 Å². The fraction of sp³-hybridized carbons (Fsp3) is 0.250. The van der Waals surface area contributed by atoms with Crippen LogP contribution in [0.4, 0.5) is 0 Å². The molecule has 0 aliphatic heterocycles. The topological polar surface area (TPSA) is 69.0 Å². The maximum absolute atomic E-state index is 13.7. The van der Waals surface area contributed by atoms with Gasteiger partial charge in [0.25, 0.3) is 5.56 Å². The van der Waals surface area contributed by atoms with E-state index in [1.165, 1.54) is 16.0 Å². The molecule has 2 aromatic carbocycles. The number of fused-ring (bicyclic) bond motifs is 4. The molecule has 1 atom stereocenters. The van der Waals surface area contributed by atoms with Gasteiger partial charge in [-0.1, -0.05) is 36.4 Å². The standard InChI is InChI=1S/C28H26N4O2S/c1-34-24-11-8-19-6-2-3-7-21(19)23(24)16-32-17-31-27-26(28(32)33)22-10-9-20(13-25(22)35-27)30-15-18-5-4-12-29-14-18/h2-8,11-12,14,17,20,30H,9-10,13,15-16H2,1H3/t20-/m0/s1. The van der Waals surface area contributed by atoms with E-state index in [1.807, 2.05) is 30.5 Å². The van der Waals surface area contributed by atoms with Crippen LogP contribution in [-0.4, -0.2) is 27.7 Å². The molecule has 0 fully saturated rings. The lowest BCUT2D eigenvalue weighted by molar-refractivity contribution is 0.409. The Hall–Kier alpha value is -3.55. The molecule has 1 aliphatic rings. The average molecular weight is 483 g/mol. The number of nitrogens with zero attached hydrogens (tertiary/aromatic N) is 3. The molecule has 1 aliphatic carbocycles. The molecule has 0 bridgehead atoms. The lowest BCUT2D eigenvalue weighted by Gasteiger charge is -2.23. The summed E-state index contributed by atoms with van der Waals surface area (Å²) in [5.74, 6) is 0.783. The number of nitrogens with one attached hydrogen (secondary N) is 1. The normalized spacial score (nSPS) is 15.4. The van der Waals surface area contributed by atoms with Crippen LogP contribution < -0.4 is 15.6 Å². The summed E-state index contributed by atoms with van der Waals surface area (Å²) >= 11 is 1.66. The van der Waals surface area contributed by atoms with Gasteiger partial charge in [-0.15, -0.1) is 11.3 Å². The third-order valence-corrected chi connectivity index (χ3v) is 8.06. The van der Waals surface area contributed by atoms with Crippen LogP contribution in [-0.2, 0) is 25.9 Å². The van der Waals surface area contributed by atoms with E-state index in [1.54, 1.807) is 35.5 Å². The van der Waals surface area contributed by atoms with Gasteiger partial charge in [0.1, 0.15) is 10.6 Å². The van der Waals surface area contributed by atoms with E-state index in [2.05, 4.69) is 34.6 Å². The maximum Gasteiger partial charge on any atom is 0.262 e. The zero-order chi connectivity index (χ0) is 23.8. The largest absolute Gasteiger partial charge is 0.496 e. The number of rotatable bonds is 6. The Balaban J connectivity index is 1.31. The molecule has 0 saturated heterocycles. The second-order valence-corrected chi connectivity index (χ2v) is 10.1. The molecule has 0 spiro atoms. The van der Waals surface area contributed by atoms with Crippen molar-refractivity contribution in [3.63, 3.8) is 0 Å². The first-order valence-corrected chi connectivity index (χ1v) is 12.7. The number of ether oxygens (including phenoxy) is 1. The molecule has 3 heterocycles. The van der Waals surface area contributed by atoms with Gasteiger partial charge in [0.15, 0.2) is 0 Å². The third kappa shape index (κ3) is 4.11. The molecule has 0 radical (unpaired) electrons. The average Bonchev–Trinajstić information content (AvgIpc) is 3.28. The minimum atomic E-state index is 0.0317. The highest BCUT2D eigenvalue weighted by Gasteiger charge is 2.25. The van der Waals surface area contributed by atoms with Gasteiger partial charge in [-0.05, 0) is 53.3 Å². The molecule has 6 nitrogen and oxygen atoms in total. The number of benzene rings is 2. The number of hydrogen-bond acceptors (Lipinski definition) is 6. The van der Waals surface area contributed by atoms with Crippen LogP contribution in [0.5, 0.6) is 5.75 Å². The Morgan fingerprint density at radius 2 is 2.09 bits per heavy atom. The third-order valence-electron chi connectivity index (χ3n) is 6.90. The number of aryl methyl sites for hydroxylation is 1. The van der Waals surface area contributed by atoms with Crippen molar-refractivity contribution in [1.82, 2.24) is 19.9 Å². The molecule has 35 heavy (non-hydrogen) atoms. The number of hydrogen-bond donors (Lipinski definition) is 1. The molecule has 0 saturated carbocycles. The van der Waals surface area contributed by atoms with E-state index >= 15 is 0 Å². The fourth-order valence-electron chi connectivity index (χ4n) is 5.09. The van der Waals surface area contributed by atoms with Gasteiger partial charge in [0.05, 0.1) is 25.4 Å². The van der Waals surface area contributed by atoms with E-state index in [9.17, 15) is 4.79 Å². The van der Waals surface area contributed by atoms with Gasteiger partial charge in [-0.25, -0.2) is 4.98 Å². The highest BCUT2D eigenvalue weighted by Crippen LogP contribution is 2.34. The van der Waals surface area contributed by atoms with Gasteiger partial charge in [-0.2, -0.15) is 0 Å². The molecule has 0 unspecified atom stereocenters. The smallest absolute Gasteiger partial charge is 0.262 e. The number of methoxy groups -OCH3 is 1. The van der Waals surface area contributed by atoms with E-state index in [4.69, 9.17) is 9.72 Å². The molecule has 3 aromatic heterocycles. The van der Waals surface area contributed by atoms with Crippen LogP contribution in [0.2, 0.25) is 0 Å². The molecule has 6 rings (SSSR count). The Labute approximate surface area is 207 Å². The molecule has 7 heteroatoms. The van der Waals surface area contributed by atoms with E-state index in [-0.39, 0.29) is 5.56 Å². The van der Waals surface area contributed by atoms with Crippen molar-refractivity contribution >= 4 is 32.3 Å². The van der Waals surface area contributed by atoms with E-state index in [0.29, 0.717) is 12.6 Å². The van der Waals surface area contributed by atoms with Gasteiger partial charge < -0.3 is 10.1 Å². The van der Waals surface area contributed by atoms with Crippen LogP contribution in [0.25, 0.3) is 21.0 Å². The number of aromatic nitrogens is 3. The first-order chi connectivity index (χ1) is 17.2. The first kappa shape index (κ1) is 21.9. The minimum absolute atomic E-state index is 0.0317. The molecular weight excluding hydrogens is 456 g/mol. The lowest BCUT2D eigenvalue weighted by Crippen LogP contribution is -2.33. The maximum atomic E-state index is 13.7. The minimum Gasteiger partial charge on any atom is -0.496 e. The van der Waals surface area contributed by atoms with Gasteiger partial charge in [-0.3, -0.25) is 14.3 Å². The monoisotopic (exact) mass is 482 g/mol. The highest BCUT2D eigenvalue weighted by molar-refractivity contribution is 7.18. The molecule has 5 aromatic rings. The fourth-order valence-corrected chi connectivity index (χ4v) is 6.35. The van der Waals surface area contributed by atoms with Crippen molar-refractivity contribution in [2.45, 2.75) is 38.4 Å². The highest BCUT2D eigenvalue weighted by atomic mass is 32.1. The van der Waals surface area contributed by atoms with Crippen LogP contribution >= 0.6 is 11.3 Å². The molecule has 176 valence electrons. The van der Waals surface area contributed by atoms with Crippen molar-refractivity contribution in [3.8, 4) is 5.75 Å². The zero-order valence-electron chi connectivity index (χ0n) is 19.5. The van der Waals surface area contributed by atoms with Crippen LogP contribution in [0, 0.1) is 0 Å². The van der Waals surface area contributed by atoms with Crippen molar-refractivity contribution in [3.05, 3.63) is 99.2 Å². The Morgan fingerprint density at radius 3 is 2.94 bits per heavy atom. The van der Waals surface area contributed by atoms with Gasteiger partial charge >= 0.3 is 0 Å². The summed E-state index contributed by atoms with van der Waals surface area (Å²) in [6.45, 7) is 1.23. The number of thiophene rings is 1. The predicted molar refractivity (Wildman–Crippen MR) is 140 cm³/mol. The molecule has 1 N–H and O–H groups in total. The summed E-state index contributed by atoms with van der Waals surface area (Å²) in [4.78, 5) is 24.7. The van der Waals surface area contributed by atoms with Gasteiger partial charge in [0.2, 0.25) is 0 Å². The second kappa shape index (κ2) is 9.24. The summed E-state index contributed by atoms with van der Waals surface area (Å²) in [7, 11) is 1.67. The summed E-state index contributed by atoms with van der Waals surface area (Å²) in [5, 5.41) is 6.67. The predicted octanol–water partition coefficient (Wildman–Crippen LogP) is 4.71. The van der Waals surface area contributed by atoms with Crippen molar-refractivity contribution < 1.29 is 4.74 Å². The summed E-state index contributed by atoms with van der Waals surface area (Å²) < 4.78 is 7.38. The quantitative estimate of drug-likeness (QED) is 0.380. The zero-order valence-corrected chi connectivity index (χ0v) is 20.3. The van der Waals surface area contributed by atoms with Crippen molar-refractivity contribution in [2.75, 3.05) is 7.11 Å². The van der Waals surface area contributed by atoms with Crippen LogP contribution in [0.15, 0.2) is 72.0 Å². The summed E-state index contributed by atoms with van der Waals surface area (Å²) in [5.41, 5.74) is 3.39. The SMILES string of the molecule is COc1ccc2ccccc2c1Cn1cnc2sc3c(c2c1=O)CC[C@H](NCc1cccnc1)C3. The van der Waals surface area contributed by atoms with E-state index < -0.39 is 0 Å². The molecule has 0 amide bonds. The lowest BCUT2D eigenvalue weighted by atomic mass is 9.93. The number of pyridine rings is 1. The summed E-state index contributed by atoms with van der Waals surface area (Å²) in [6.07, 6.45) is 8.20. The van der Waals surface area contributed by atoms with Crippen LogP contribution in [0.3, 0.4) is 0 Å². The molecular formula is C28H26N4O2S. The summed E-state index contributed by atoms with van der Waals surface area (Å²) in [6, 6.07) is 16.7. The van der Waals surface area contributed by atoms with Crippen molar-refractivity contribution in [2.24, 2.45) is 0 Å². The first-order valence-electron chi connectivity index (χ1n) is 11.9. The van der Waals surface area contributed by atoms with Gasteiger partial charge in [0, 0.05) is 35.4 Å².